The topological polar surface area (TPSA) is 35.6 Å². The van der Waals surface area contributed by atoms with Crippen LogP contribution in [0.1, 0.15) is 52.7 Å². The molecule has 2 aliphatic heterocycles. The van der Waals surface area contributed by atoms with Crippen molar-refractivity contribution in [2.45, 2.75) is 45.3 Å². The van der Waals surface area contributed by atoms with Gasteiger partial charge in [-0.15, -0.1) is 0 Å². The molecule has 2 aromatic rings. The molecule has 2 heterocycles. The summed E-state index contributed by atoms with van der Waals surface area (Å²) >= 11 is 0. The summed E-state index contributed by atoms with van der Waals surface area (Å²) < 4.78 is 0. The smallest absolute Gasteiger partial charge is 0.251 e. The van der Waals surface area contributed by atoms with Gasteiger partial charge in [0.15, 0.2) is 0 Å². The molecule has 0 aromatic heterocycles. The van der Waals surface area contributed by atoms with Crippen molar-refractivity contribution >= 4 is 5.91 Å². The van der Waals surface area contributed by atoms with Crippen LogP contribution in [-0.4, -0.2) is 41.9 Å². The minimum Gasteiger partial charge on any atom is -0.348 e. The molecule has 0 spiro atoms. The Labute approximate surface area is 168 Å². The zero-order valence-corrected chi connectivity index (χ0v) is 16.7. The van der Waals surface area contributed by atoms with Crippen LogP contribution >= 0.6 is 0 Å². The predicted molar refractivity (Wildman–Crippen MR) is 113 cm³/mol. The van der Waals surface area contributed by atoms with E-state index in [0.29, 0.717) is 6.54 Å². The second-order valence-electron chi connectivity index (χ2n) is 8.16. The van der Waals surface area contributed by atoms with E-state index in [9.17, 15) is 4.79 Å². The fraction of sp³-hybridized carbons (Fsp3) is 0.458. The Balaban J connectivity index is 1.25. The van der Waals surface area contributed by atoms with Crippen LogP contribution in [-0.2, 0) is 19.6 Å². The summed E-state index contributed by atoms with van der Waals surface area (Å²) in [6.45, 7) is 7.42. The Morgan fingerprint density at radius 3 is 1.61 bits per heavy atom. The van der Waals surface area contributed by atoms with Crippen molar-refractivity contribution in [1.29, 1.82) is 0 Å². The molecule has 2 saturated heterocycles. The van der Waals surface area contributed by atoms with Gasteiger partial charge in [-0.2, -0.15) is 0 Å². The van der Waals surface area contributed by atoms with Crippen LogP contribution in [0, 0.1) is 0 Å². The summed E-state index contributed by atoms with van der Waals surface area (Å²) in [5.74, 6) is -0.00568. The van der Waals surface area contributed by atoms with Gasteiger partial charge in [0.25, 0.3) is 5.91 Å². The minimum absolute atomic E-state index is 0.00568. The molecule has 2 aromatic carbocycles. The first kappa shape index (κ1) is 19.2. The van der Waals surface area contributed by atoms with E-state index in [0.717, 1.165) is 24.2 Å². The van der Waals surface area contributed by atoms with Gasteiger partial charge in [0, 0.05) is 25.2 Å². The van der Waals surface area contributed by atoms with Crippen LogP contribution < -0.4 is 5.32 Å². The minimum atomic E-state index is -0.00568. The molecule has 0 unspecified atom stereocenters. The van der Waals surface area contributed by atoms with Crippen LogP contribution in [0.4, 0.5) is 0 Å². The summed E-state index contributed by atoms with van der Waals surface area (Å²) in [4.78, 5) is 17.4. The number of amides is 1. The maximum absolute atomic E-state index is 12.4. The van der Waals surface area contributed by atoms with Crippen molar-refractivity contribution in [3.63, 3.8) is 0 Å². The maximum Gasteiger partial charge on any atom is 0.251 e. The van der Waals surface area contributed by atoms with E-state index in [1.165, 1.54) is 63.0 Å². The summed E-state index contributed by atoms with van der Waals surface area (Å²) in [5.41, 5.74) is 4.51. The summed E-state index contributed by atoms with van der Waals surface area (Å²) in [7, 11) is 0. The summed E-state index contributed by atoms with van der Waals surface area (Å²) in [6, 6.07) is 16.7. The van der Waals surface area contributed by atoms with Gasteiger partial charge in [-0.1, -0.05) is 36.4 Å². The number of hydrogen-bond donors (Lipinski definition) is 1. The largest absolute Gasteiger partial charge is 0.348 e. The molecule has 2 aliphatic rings. The molecule has 0 aliphatic carbocycles. The Kier molecular flexibility index (Phi) is 6.40. The lowest BCUT2D eigenvalue weighted by Gasteiger charge is -2.15. The molecule has 28 heavy (non-hydrogen) atoms. The monoisotopic (exact) mass is 377 g/mol. The second kappa shape index (κ2) is 9.35. The number of nitrogens with one attached hydrogen (secondary N) is 1. The molecule has 0 saturated carbocycles. The molecule has 2 fully saturated rings. The van der Waals surface area contributed by atoms with Crippen molar-refractivity contribution in [2.24, 2.45) is 0 Å². The van der Waals surface area contributed by atoms with E-state index in [1.807, 2.05) is 12.1 Å². The fourth-order valence-electron chi connectivity index (χ4n) is 4.21. The highest BCUT2D eigenvalue weighted by Crippen LogP contribution is 2.15. The zero-order valence-electron chi connectivity index (χ0n) is 16.7. The zero-order chi connectivity index (χ0) is 19.2. The highest BCUT2D eigenvalue weighted by atomic mass is 16.1. The first-order valence-electron chi connectivity index (χ1n) is 10.7. The summed E-state index contributed by atoms with van der Waals surface area (Å²) in [6.07, 6.45) is 5.26. The van der Waals surface area contributed by atoms with Crippen molar-refractivity contribution < 1.29 is 4.79 Å². The van der Waals surface area contributed by atoms with E-state index in [4.69, 9.17) is 0 Å². The van der Waals surface area contributed by atoms with Gasteiger partial charge in [0.2, 0.25) is 0 Å². The third kappa shape index (κ3) is 5.21. The molecule has 0 radical (unpaired) electrons. The van der Waals surface area contributed by atoms with E-state index in [1.54, 1.807) is 0 Å². The SMILES string of the molecule is O=C(NCc1ccc(CN2CCCC2)cc1)c1ccc(CN2CCCC2)cc1. The fourth-order valence-corrected chi connectivity index (χ4v) is 4.21. The van der Waals surface area contributed by atoms with E-state index in [2.05, 4.69) is 51.5 Å². The number of hydrogen-bond acceptors (Lipinski definition) is 3. The van der Waals surface area contributed by atoms with Gasteiger partial charge in [-0.3, -0.25) is 14.6 Å². The lowest BCUT2D eigenvalue weighted by Crippen LogP contribution is -2.23. The van der Waals surface area contributed by atoms with Crippen molar-refractivity contribution in [1.82, 2.24) is 15.1 Å². The van der Waals surface area contributed by atoms with Crippen LogP contribution in [0.15, 0.2) is 48.5 Å². The average Bonchev–Trinajstić information content (AvgIpc) is 3.42. The van der Waals surface area contributed by atoms with Gasteiger partial charge in [-0.05, 0) is 80.7 Å². The normalized spacial score (nSPS) is 17.9. The molecule has 0 atom stereocenters. The molecule has 4 heteroatoms. The maximum atomic E-state index is 12.4. The number of carbonyl (C=O) groups is 1. The van der Waals surface area contributed by atoms with Crippen LogP contribution in [0.2, 0.25) is 0 Å². The number of rotatable bonds is 7. The lowest BCUT2D eigenvalue weighted by atomic mass is 10.1. The van der Waals surface area contributed by atoms with E-state index >= 15 is 0 Å². The average molecular weight is 378 g/mol. The predicted octanol–water partition coefficient (Wildman–Crippen LogP) is 3.81. The highest BCUT2D eigenvalue weighted by Gasteiger charge is 2.13. The Morgan fingerprint density at radius 2 is 1.11 bits per heavy atom. The van der Waals surface area contributed by atoms with Gasteiger partial charge in [0.1, 0.15) is 0 Å². The van der Waals surface area contributed by atoms with Gasteiger partial charge >= 0.3 is 0 Å². The first-order valence-corrected chi connectivity index (χ1v) is 10.7. The van der Waals surface area contributed by atoms with E-state index < -0.39 is 0 Å². The summed E-state index contributed by atoms with van der Waals surface area (Å²) in [5, 5.41) is 3.04. The van der Waals surface area contributed by atoms with Crippen molar-refractivity contribution in [3.05, 3.63) is 70.8 Å². The molecule has 4 rings (SSSR count). The van der Waals surface area contributed by atoms with E-state index in [-0.39, 0.29) is 5.91 Å². The second-order valence-corrected chi connectivity index (χ2v) is 8.16. The Bertz CT molecular complexity index is 757. The van der Waals surface area contributed by atoms with Gasteiger partial charge in [-0.25, -0.2) is 0 Å². The third-order valence-corrected chi connectivity index (χ3v) is 5.90. The molecule has 4 nitrogen and oxygen atoms in total. The quantitative estimate of drug-likeness (QED) is 0.797. The molecular weight excluding hydrogens is 346 g/mol. The molecule has 1 N–H and O–H groups in total. The number of likely N-dealkylation sites (tertiary alicyclic amines) is 2. The molecule has 1 amide bonds. The number of nitrogens with zero attached hydrogens (tertiary/aromatic N) is 2. The molecule has 0 bridgehead atoms. The number of benzene rings is 2. The standard InChI is InChI=1S/C24H31N3O/c28-24(23-11-9-22(10-12-23)19-27-15-3-4-16-27)25-17-20-5-7-21(8-6-20)18-26-13-1-2-14-26/h5-12H,1-4,13-19H2,(H,25,28). The van der Waals surface area contributed by atoms with Crippen LogP contribution in [0.3, 0.4) is 0 Å². The van der Waals surface area contributed by atoms with Gasteiger partial charge in [0.05, 0.1) is 0 Å². The van der Waals surface area contributed by atoms with Gasteiger partial charge < -0.3 is 5.32 Å². The lowest BCUT2D eigenvalue weighted by molar-refractivity contribution is 0.0951. The molecule has 148 valence electrons. The van der Waals surface area contributed by atoms with Crippen molar-refractivity contribution in [3.8, 4) is 0 Å². The van der Waals surface area contributed by atoms with Crippen molar-refractivity contribution in [2.75, 3.05) is 26.2 Å². The highest BCUT2D eigenvalue weighted by molar-refractivity contribution is 5.94. The van der Waals surface area contributed by atoms with Crippen LogP contribution in [0.25, 0.3) is 0 Å². The Morgan fingerprint density at radius 1 is 0.679 bits per heavy atom. The Hall–Kier alpha value is -2.17. The number of carbonyl (C=O) groups excluding carboxylic acids is 1. The third-order valence-electron chi connectivity index (χ3n) is 5.90. The molecular formula is C24H31N3O. The first-order chi connectivity index (χ1) is 13.8. The van der Waals surface area contributed by atoms with Crippen LogP contribution in [0.5, 0.6) is 0 Å².